The maximum Gasteiger partial charge on any atom is 0.123 e. The molecule has 0 saturated heterocycles. The summed E-state index contributed by atoms with van der Waals surface area (Å²) in [5, 5.41) is 13.8. The van der Waals surface area contributed by atoms with E-state index < -0.39 is 0 Å². The zero-order valence-electron chi connectivity index (χ0n) is 12.3. The highest BCUT2D eigenvalue weighted by Gasteiger charge is 2.16. The maximum atomic E-state index is 9.42. The number of fused-ring (bicyclic) bond motifs is 1. The second-order valence-electron chi connectivity index (χ2n) is 4.95. The van der Waals surface area contributed by atoms with E-state index in [9.17, 15) is 5.26 Å². The van der Waals surface area contributed by atoms with Crippen LogP contribution in [0.5, 0.6) is 5.75 Å². The summed E-state index contributed by atoms with van der Waals surface area (Å²) in [4.78, 5) is 0. The number of rotatable bonds is 6. The third-order valence-corrected chi connectivity index (χ3v) is 3.55. The second-order valence-corrected chi connectivity index (χ2v) is 4.95. The van der Waals surface area contributed by atoms with E-state index in [2.05, 4.69) is 22.9 Å². The van der Waals surface area contributed by atoms with Gasteiger partial charge in [-0.3, -0.25) is 5.32 Å². The van der Waals surface area contributed by atoms with Crippen LogP contribution in [0.4, 0.5) is 0 Å². The molecule has 4 heteroatoms. The van der Waals surface area contributed by atoms with E-state index in [1.165, 1.54) is 0 Å². The first-order chi connectivity index (χ1) is 9.71. The van der Waals surface area contributed by atoms with E-state index in [4.69, 9.17) is 4.74 Å². The molecular weight excluding hydrogens is 250 g/mol. The summed E-state index contributed by atoms with van der Waals surface area (Å²) in [5.41, 5.74) is 2.12. The van der Waals surface area contributed by atoms with E-state index in [0.29, 0.717) is 0 Å². The standard InChI is InChI=1S/C16H21N3O/c1-4-5-8-18-15(10-17)14-11-19(2)16-7-6-12(20-3)9-13(14)16/h6-7,9,11,15,18H,4-5,8H2,1-3H3. The number of aromatic nitrogens is 1. The molecule has 1 atom stereocenters. The van der Waals surface area contributed by atoms with E-state index >= 15 is 0 Å². The minimum Gasteiger partial charge on any atom is -0.497 e. The van der Waals surface area contributed by atoms with Gasteiger partial charge in [-0.1, -0.05) is 13.3 Å². The molecule has 2 rings (SSSR count). The smallest absolute Gasteiger partial charge is 0.123 e. The van der Waals surface area contributed by atoms with Crippen molar-refractivity contribution in [3.05, 3.63) is 30.0 Å². The van der Waals surface area contributed by atoms with Crippen molar-refractivity contribution in [3.8, 4) is 11.8 Å². The fraction of sp³-hybridized carbons (Fsp3) is 0.438. The number of ether oxygens (including phenoxy) is 1. The lowest BCUT2D eigenvalue weighted by Gasteiger charge is -2.10. The molecule has 0 radical (unpaired) electrons. The Morgan fingerprint density at radius 3 is 2.90 bits per heavy atom. The lowest BCUT2D eigenvalue weighted by Crippen LogP contribution is -2.20. The fourth-order valence-corrected chi connectivity index (χ4v) is 2.41. The molecule has 0 aliphatic carbocycles. The average Bonchev–Trinajstić information content (AvgIpc) is 2.80. The molecule has 106 valence electrons. The second kappa shape index (κ2) is 6.44. The Kier molecular flexibility index (Phi) is 4.65. The summed E-state index contributed by atoms with van der Waals surface area (Å²) in [6.45, 7) is 3.00. The predicted molar refractivity (Wildman–Crippen MR) is 80.7 cm³/mol. The summed E-state index contributed by atoms with van der Waals surface area (Å²) in [5.74, 6) is 0.815. The first-order valence-corrected chi connectivity index (χ1v) is 6.97. The molecule has 0 saturated carbocycles. The molecule has 1 aromatic heterocycles. The van der Waals surface area contributed by atoms with E-state index in [1.54, 1.807) is 7.11 Å². The van der Waals surface area contributed by atoms with Crippen LogP contribution in [0.1, 0.15) is 31.4 Å². The number of hydrogen-bond acceptors (Lipinski definition) is 3. The SMILES string of the molecule is CCCCNC(C#N)c1cn(C)c2ccc(OC)cc12. The number of unbranched alkanes of at least 4 members (excludes halogenated alkanes) is 1. The Labute approximate surface area is 120 Å². The third-order valence-electron chi connectivity index (χ3n) is 3.55. The topological polar surface area (TPSA) is 50.0 Å². The number of nitrogens with one attached hydrogen (secondary N) is 1. The molecule has 0 aliphatic rings. The minimum atomic E-state index is -0.280. The first kappa shape index (κ1) is 14.4. The molecule has 1 heterocycles. The monoisotopic (exact) mass is 271 g/mol. The molecule has 1 N–H and O–H groups in total. The van der Waals surface area contributed by atoms with Crippen LogP contribution < -0.4 is 10.1 Å². The molecule has 1 unspecified atom stereocenters. The number of benzene rings is 1. The molecule has 2 aromatic rings. The van der Waals surface area contributed by atoms with Crippen LogP contribution in [0.3, 0.4) is 0 Å². The van der Waals surface area contributed by atoms with Crippen molar-refractivity contribution in [2.75, 3.05) is 13.7 Å². The molecule has 0 spiro atoms. The zero-order chi connectivity index (χ0) is 14.5. The van der Waals surface area contributed by atoms with Gasteiger partial charge in [-0.15, -0.1) is 0 Å². The van der Waals surface area contributed by atoms with Gasteiger partial charge in [0, 0.05) is 29.7 Å². The van der Waals surface area contributed by atoms with Crippen LogP contribution in [-0.4, -0.2) is 18.2 Å². The summed E-state index contributed by atoms with van der Waals surface area (Å²) < 4.78 is 7.34. The van der Waals surface area contributed by atoms with Gasteiger partial charge in [0.2, 0.25) is 0 Å². The molecule has 0 aliphatic heterocycles. The maximum absolute atomic E-state index is 9.42. The van der Waals surface area contributed by atoms with Crippen molar-refractivity contribution in [3.63, 3.8) is 0 Å². The van der Waals surface area contributed by atoms with Crippen molar-refractivity contribution >= 4 is 10.9 Å². The van der Waals surface area contributed by atoms with Gasteiger partial charge in [-0.2, -0.15) is 5.26 Å². The van der Waals surface area contributed by atoms with Gasteiger partial charge in [0.05, 0.1) is 13.2 Å². The van der Waals surface area contributed by atoms with Crippen LogP contribution in [0.15, 0.2) is 24.4 Å². The van der Waals surface area contributed by atoms with Gasteiger partial charge in [-0.05, 0) is 31.2 Å². The van der Waals surface area contributed by atoms with Crippen LogP contribution in [-0.2, 0) is 7.05 Å². The summed E-state index contributed by atoms with van der Waals surface area (Å²) in [7, 11) is 3.66. The Morgan fingerprint density at radius 2 is 2.25 bits per heavy atom. The zero-order valence-corrected chi connectivity index (χ0v) is 12.3. The normalized spacial score (nSPS) is 12.3. The van der Waals surface area contributed by atoms with Crippen molar-refractivity contribution in [1.82, 2.24) is 9.88 Å². The lowest BCUT2D eigenvalue weighted by molar-refractivity contribution is 0.415. The van der Waals surface area contributed by atoms with Gasteiger partial charge in [0.15, 0.2) is 0 Å². The van der Waals surface area contributed by atoms with Gasteiger partial charge >= 0.3 is 0 Å². The van der Waals surface area contributed by atoms with E-state index in [1.807, 2.05) is 31.4 Å². The van der Waals surface area contributed by atoms with Gasteiger partial charge in [0.25, 0.3) is 0 Å². The predicted octanol–water partition coefficient (Wildman–Crippen LogP) is 3.14. The Bertz CT molecular complexity index is 624. The van der Waals surface area contributed by atoms with Crippen LogP contribution in [0, 0.1) is 11.3 Å². The largest absolute Gasteiger partial charge is 0.497 e. The molecule has 0 bridgehead atoms. The van der Waals surface area contributed by atoms with Crippen LogP contribution in [0.25, 0.3) is 10.9 Å². The van der Waals surface area contributed by atoms with Crippen molar-refractivity contribution in [2.24, 2.45) is 7.05 Å². The quantitative estimate of drug-likeness (QED) is 0.821. The van der Waals surface area contributed by atoms with Crippen molar-refractivity contribution in [1.29, 1.82) is 5.26 Å². The van der Waals surface area contributed by atoms with Crippen LogP contribution in [0.2, 0.25) is 0 Å². The highest BCUT2D eigenvalue weighted by molar-refractivity contribution is 5.86. The first-order valence-electron chi connectivity index (χ1n) is 6.97. The Balaban J connectivity index is 2.39. The molecule has 20 heavy (non-hydrogen) atoms. The number of methoxy groups -OCH3 is 1. The summed E-state index contributed by atoms with van der Waals surface area (Å²) >= 11 is 0. The number of nitriles is 1. The van der Waals surface area contributed by atoms with Crippen molar-refractivity contribution < 1.29 is 4.74 Å². The summed E-state index contributed by atoms with van der Waals surface area (Å²) in [6, 6.07) is 8.04. The van der Waals surface area contributed by atoms with E-state index in [-0.39, 0.29) is 6.04 Å². The summed E-state index contributed by atoms with van der Waals surface area (Å²) in [6.07, 6.45) is 4.22. The molecular formula is C16H21N3O. The number of hydrogen-bond donors (Lipinski definition) is 1. The van der Waals surface area contributed by atoms with Gasteiger partial charge in [-0.25, -0.2) is 0 Å². The molecule has 0 amide bonds. The lowest BCUT2D eigenvalue weighted by atomic mass is 10.1. The van der Waals surface area contributed by atoms with Gasteiger partial charge < -0.3 is 9.30 Å². The average molecular weight is 271 g/mol. The Morgan fingerprint density at radius 1 is 1.45 bits per heavy atom. The Hall–Kier alpha value is -1.99. The fourth-order valence-electron chi connectivity index (χ4n) is 2.41. The molecule has 0 fully saturated rings. The third kappa shape index (κ3) is 2.78. The molecule has 4 nitrogen and oxygen atoms in total. The van der Waals surface area contributed by atoms with Gasteiger partial charge in [0.1, 0.15) is 11.8 Å². The van der Waals surface area contributed by atoms with Crippen LogP contribution >= 0.6 is 0 Å². The van der Waals surface area contributed by atoms with Crippen molar-refractivity contribution in [2.45, 2.75) is 25.8 Å². The van der Waals surface area contributed by atoms with E-state index in [0.717, 1.165) is 41.6 Å². The highest BCUT2D eigenvalue weighted by Crippen LogP contribution is 2.29. The number of nitrogens with zero attached hydrogens (tertiary/aromatic N) is 2. The molecule has 1 aromatic carbocycles. The minimum absolute atomic E-state index is 0.280. The highest BCUT2D eigenvalue weighted by atomic mass is 16.5. The number of aryl methyl sites for hydroxylation is 1.